The fourth-order valence-corrected chi connectivity index (χ4v) is 4.99. The maximum absolute atomic E-state index is 12.9. The lowest BCUT2D eigenvalue weighted by molar-refractivity contribution is 0.0303. The van der Waals surface area contributed by atoms with Gasteiger partial charge in [-0.05, 0) is 42.5 Å². The summed E-state index contributed by atoms with van der Waals surface area (Å²) >= 11 is 13.0. The Labute approximate surface area is 199 Å². The summed E-state index contributed by atoms with van der Waals surface area (Å²) < 4.78 is 11.4. The van der Waals surface area contributed by atoms with E-state index >= 15 is 0 Å². The van der Waals surface area contributed by atoms with Crippen LogP contribution in [0.15, 0.2) is 42.5 Å². The molecule has 0 saturated carbocycles. The van der Waals surface area contributed by atoms with Gasteiger partial charge in [0.1, 0.15) is 10.6 Å². The average Bonchev–Trinajstić information content (AvgIpc) is 3.15. The minimum absolute atomic E-state index is 0.0725. The third-order valence-electron chi connectivity index (χ3n) is 4.97. The van der Waals surface area contributed by atoms with E-state index in [4.69, 9.17) is 33.3 Å². The highest BCUT2D eigenvalue weighted by Gasteiger charge is 2.22. The molecule has 0 unspecified atom stereocenters. The zero-order valence-corrected chi connectivity index (χ0v) is 19.5. The number of hydrogen-bond acceptors (Lipinski definition) is 6. The molecule has 3 aromatic rings. The van der Waals surface area contributed by atoms with Crippen LogP contribution in [0.5, 0.6) is 5.75 Å². The van der Waals surface area contributed by atoms with E-state index in [1.54, 1.807) is 42.3 Å². The smallest absolute Gasteiger partial charge is 0.269 e. The second-order valence-electron chi connectivity index (χ2n) is 6.97. The number of thiocarbonyl (C=S) groups is 1. The van der Waals surface area contributed by atoms with Crippen LogP contribution in [-0.2, 0) is 4.74 Å². The van der Waals surface area contributed by atoms with Crippen molar-refractivity contribution < 1.29 is 19.1 Å². The van der Waals surface area contributed by atoms with E-state index in [-0.39, 0.29) is 11.0 Å². The first kappa shape index (κ1) is 22.5. The maximum atomic E-state index is 12.9. The van der Waals surface area contributed by atoms with Gasteiger partial charge < -0.3 is 19.7 Å². The Balaban J connectivity index is 1.48. The van der Waals surface area contributed by atoms with Gasteiger partial charge in [-0.2, -0.15) is 0 Å². The van der Waals surface area contributed by atoms with Gasteiger partial charge >= 0.3 is 0 Å². The van der Waals surface area contributed by atoms with Crippen molar-refractivity contribution in [3.63, 3.8) is 0 Å². The first-order chi connectivity index (χ1) is 15.5. The van der Waals surface area contributed by atoms with Crippen molar-refractivity contribution in [3.8, 4) is 5.75 Å². The normalized spacial score (nSPS) is 13.6. The number of ether oxygens (including phenoxy) is 2. The molecule has 2 aromatic carbocycles. The van der Waals surface area contributed by atoms with Crippen LogP contribution in [0.25, 0.3) is 10.1 Å². The number of carbonyl (C=O) groups excluding carboxylic acids is 2. The molecule has 10 heteroatoms. The summed E-state index contributed by atoms with van der Waals surface area (Å²) in [4.78, 5) is 27.8. The molecule has 0 bridgehead atoms. The number of morpholine rings is 1. The van der Waals surface area contributed by atoms with Crippen LogP contribution in [-0.4, -0.2) is 55.2 Å². The first-order valence-corrected chi connectivity index (χ1v) is 11.4. The van der Waals surface area contributed by atoms with Crippen LogP contribution >= 0.6 is 35.2 Å². The highest BCUT2D eigenvalue weighted by Crippen LogP contribution is 2.37. The Morgan fingerprint density at radius 1 is 1.19 bits per heavy atom. The average molecular weight is 490 g/mol. The number of halogens is 1. The second-order valence-corrected chi connectivity index (χ2v) is 8.80. The molecule has 2 N–H and O–H groups in total. The number of para-hydroxylation sites is 1. The molecular formula is C22H20ClN3O4S2. The number of methoxy groups -OCH3 is 1. The van der Waals surface area contributed by atoms with E-state index in [1.165, 1.54) is 11.3 Å². The fraction of sp³-hybridized carbons (Fsp3) is 0.227. The SMILES string of the molecule is COc1ccc2c(Cl)c(C(=O)NC(=S)Nc3ccccc3C(=O)N3CCOCC3)sc2c1. The lowest BCUT2D eigenvalue weighted by Crippen LogP contribution is -2.41. The molecule has 0 spiro atoms. The van der Waals surface area contributed by atoms with Gasteiger partial charge in [0, 0.05) is 23.2 Å². The highest BCUT2D eigenvalue weighted by molar-refractivity contribution is 7.80. The van der Waals surface area contributed by atoms with E-state index in [0.29, 0.717) is 53.2 Å². The summed E-state index contributed by atoms with van der Waals surface area (Å²) in [6.07, 6.45) is 0. The van der Waals surface area contributed by atoms with Crippen LogP contribution in [0, 0.1) is 0 Å². The zero-order valence-electron chi connectivity index (χ0n) is 17.1. The third kappa shape index (κ3) is 4.71. The molecule has 1 aromatic heterocycles. The minimum atomic E-state index is -0.426. The molecule has 166 valence electrons. The van der Waals surface area contributed by atoms with Crippen molar-refractivity contribution in [2.24, 2.45) is 0 Å². The van der Waals surface area contributed by atoms with E-state index in [1.807, 2.05) is 12.1 Å². The summed E-state index contributed by atoms with van der Waals surface area (Å²) in [6, 6.07) is 12.5. The van der Waals surface area contributed by atoms with Gasteiger partial charge in [0.25, 0.3) is 11.8 Å². The van der Waals surface area contributed by atoms with E-state index in [9.17, 15) is 9.59 Å². The number of hydrogen-bond donors (Lipinski definition) is 2. The Bertz CT molecular complexity index is 1190. The number of rotatable bonds is 4. The summed E-state index contributed by atoms with van der Waals surface area (Å²) in [5.41, 5.74) is 0.986. The molecule has 1 fully saturated rings. The number of nitrogens with zero attached hydrogens (tertiary/aromatic N) is 1. The van der Waals surface area contributed by atoms with Crippen LogP contribution in [0.1, 0.15) is 20.0 Å². The lowest BCUT2D eigenvalue weighted by atomic mass is 10.1. The number of fused-ring (bicyclic) bond motifs is 1. The number of anilines is 1. The predicted octanol–water partition coefficient (Wildman–Crippen LogP) is 4.16. The molecule has 1 aliphatic rings. The highest BCUT2D eigenvalue weighted by atomic mass is 35.5. The lowest BCUT2D eigenvalue weighted by Gasteiger charge is -2.27. The zero-order chi connectivity index (χ0) is 22.7. The number of carbonyl (C=O) groups is 2. The summed E-state index contributed by atoms with van der Waals surface area (Å²) in [5, 5.41) is 6.81. The standard InChI is InChI=1S/C22H20ClN3O4S2/c1-29-13-6-7-15-17(12-13)32-19(18(15)23)20(27)25-22(31)24-16-5-3-2-4-14(16)21(28)26-8-10-30-11-9-26/h2-7,12H,8-11H2,1H3,(H2,24,25,27,31). The molecule has 7 nitrogen and oxygen atoms in total. The van der Waals surface area contributed by atoms with Crippen molar-refractivity contribution in [2.75, 3.05) is 38.7 Å². The van der Waals surface area contributed by atoms with Crippen LogP contribution in [0.3, 0.4) is 0 Å². The largest absolute Gasteiger partial charge is 0.497 e. The van der Waals surface area contributed by atoms with E-state index in [2.05, 4.69) is 10.6 Å². The minimum Gasteiger partial charge on any atom is -0.497 e. The number of nitrogens with one attached hydrogen (secondary N) is 2. The second kappa shape index (κ2) is 9.83. The van der Waals surface area contributed by atoms with Crippen molar-refractivity contribution in [1.29, 1.82) is 0 Å². The van der Waals surface area contributed by atoms with E-state index < -0.39 is 5.91 Å². The molecule has 0 radical (unpaired) electrons. The van der Waals surface area contributed by atoms with Crippen LogP contribution in [0.4, 0.5) is 5.69 Å². The molecule has 2 heterocycles. The molecule has 2 amide bonds. The third-order valence-corrected chi connectivity index (χ3v) is 6.83. The molecule has 4 rings (SSSR count). The first-order valence-electron chi connectivity index (χ1n) is 9.82. The Hall–Kier alpha value is -2.72. The number of thiophene rings is 1. The summed E-state index contributed by atoms with van der Waals surface area (Å²) in [5.74, 6) is 0.137. The van der Waals surface area contributed by atoms with Crippen LogP contribution in [0.2, 0.25) is 5.02 Å². The molecule has 1 aliphatic heterocycles. The monoisotopic (exact) mass is 489 g/mol. The van der Waals surface area contributed by atoms with Gasteiger partial charge in [-0.25, -0.2) is 0 Å². The van der Waals surface area contributed by atoms with Crippen molar-refractivity contribution in [2.45, 2.75) is 0 Å². The molecule has 1 saturated heterocycles. The predicted molar refractivity (Wildman–Crippen MR) is 130 cm³/mol. The van der Waals surface area contributed by atoms with Crippen LogP contribution < -0.4 is 15.4 Å². The topological polar surface area (TPSA) is 79.9 Å². The quantitative estimate of drug-likeness (QED) is 0.536. The van der Waals surface area contributed by atoms with Crippen molar-refractivity contribution in [1.82, 2.24) is 10.2 Å². The fourth-order valence-electron chi connectivity index (χ4n) is 3.35. The molecule has 32 heavy (non-hydrogen) atoms. The van der Waals surface area contributed by atoms with Gasteiger partial charge in [0.15, 0.2) is 5.11 Å². The van der Waals surface area contributed by atoms with Gasteiger partial charge in [-0.3, -0.25) is 14.9 Å². The van der Waals surface area contributed by atoms with Gasteiger partial charge in [-0.15, -0.1) is 11.3 Å². The Morgan fingerprint density at radius 3 is 2.69 bits per heavy atom. The molecule has 0 aliphatic carbocycles. The van der Waals surface area contributed by atoms with Crippen molar-refractivity contribution in [3.05, 3.63) is 57.9 Å². The number of amides is 2. The Morgan fingerprint density at radius 2 is 1.94 bits per heavy atom. The van der Waals surface area contributed by atoms with Gasteiger partial charge in [-0.1, -0.05) is 23.7 Å². The summed E-state index contributed by atoms with van der Waals surface area (Å²) in [6.45, 7) is 2.09. The molecular weight excluding hydrogens is 470 g/mol. The summed E-state index contributed by atoms with van der Waals surface area (Å²) in [7, 11) is 1.58. The number of benzene rings is 2. The van der Waals surface area contributed by atoms with Gasteiger partial charge in [0.05, 0.1) is 36.6 Å². The Kier molecular flexibility index (Phi) is 6.90. The van der Waals surface area contributed by atoms with Gasteiger partial charge in [0.2, 0.25) is 0 Å². The van der Waals surface area contributed by atoms with E-state index in [0.717, 1.165) is 10.1 Å². The van der Waals surface area contributed by atoms with Crippen molar-refractivity contribution >= 4 is 67.9 Å². The maximum Gasteiger partial charge on any atom is 0.269 e. The molecule has 0 atom stereocenters.